The van der Waals surface area contributed by atoms with E-state index in [1.54, 1.807) is 11.0 Å². The summed E-state index contributed by atoms with van der Waals surface area (Å²) >= 11 is 6.05. The summed E-state index contributed by atoms with van der Waals surface area (Å²) in [6, 6.07) is 8.52. The number of amides is 1. The molecule has 3 rings (SSSR count). The molecule has 2 heterocycles. The van der Waals surface area contributed by atoms with Gasteiger partial charge in [-0.2, -0.15) is 0 Å². The van der Waals surface area contributed by atoms with Crippen LogP contribution in [0.4, 0.5) is 4.39 Å². The van der Waals surface area contributed by atoms with Crippen LogP contribution in [0.5, 0.6) is 0 Å². The van der Waals surface area contributed by atoms with E-state index in [-0.39, 0.29) is 17.5 Å². The normalized spacial score (nSPS) is 18.3. The molecule has 0 spiro atoms. The second kappa shape index (κ2) is 6.42. The number of rotatable bonds is 2. The summed E-state index contributed by atoms with van der Waals surface area (Å²) in [7, 11) is 0. The maximum atomic E-state index is 13.3. The molecule has 1 aliphatic heterocycles. The molecule has 114 valence electrons. The predicted molar refractivity (Wildman–Crippen MR) is 82.3 cm³/mol. The Balaban J connectivity index is 1.91. The lowest BCUT2D eigenvalue weighted by Crippen LogP contribution is -2.48. The van der Waals surface area contributed by atoms with Crippen LogP contribution < -0.4 is 5.32 Å². The minimum Gasteiger partial charge on any atom is -0.329 e. The number of nitrogens with one attached hydrogen (secondary N) is 1. The third-order valence-electron chi connectivity index (χ3n) is 3.69. The van der Waals surface area contributed by atoms with Crippen LogP contribution in [-0.4, -0.2) is 35.4 Å². The quantitative estimate of drug-likeness (QED) is 0.925. The van der Waals surface area contributed by atoms with Crippen LogP contribution in [0.3, 0.4) is 0 Å². The molecule has 1 amide bonds. The Bertz CT molecular complexity index is 695. The molecule has 1 aromatic heterocycles. The van der Waals surface area contributed by atoms with Crippen molar-refractivity contribution >= 4 is 17.5 Å². The molecule has 1 atom stereocenters. The molecule has 0 bridgehead atoms. The largest absolute Gasteiger partial charge is 0.329 e. The van der Waals surface area contributed by atoms with E-state index < -0.39 is 5.82 Å². The molecule has 2 aromatic rings. The minimum absolute atomic E-state index is 0.136. The highest BCUT2D eigenvalue weighted by Gasteiger charge is 2.29. The number of carbonyl (C=O) groups excluding carboxylic acids is 1. The van der Waals surface area contributed by atoms with Gasteiger partial charge >= 0.3 is 0 Å². The third kappa shape index (κ3) is 3.10. The van der Waals surface area contributed by atoms with Crippen molar-refractivity contribution in [1.82, 2.24) is 15.2 Å². The summed E-state index contributed by atoms with van der Waals surface area (Å²) < 4.78 is 13.3. The standard InChI is InChI=1S/C16H15ClFN3O/c17-13-3-1-2-11(6-13)15-10-19-4-5-21(15)16(22)12-7-14(18)9-20-8-12/h1-3,6-9,15,19H,4-5,10H2. The van der Waals surface area contributed by atoms with Gasteiger partial charge in [0, 0.05) is 30.9 Å². The molecule has 0 saturated carbocycles. The molecule has 0 aliphatic carbocycles. The van der Waals surface area contributed by atoms with Crippen LogP contribution >= 0.6 is 11.6 Å². The molecular weight excluding hydrogens is 305 g/mol. The third-order valence-corrected chi connectivity index (χ3v) is 3.92. The van der Waals surface area contributed by atoms with Crippen molar-refractivity contribution in [3.8, 4) is 0 Å². The molecule has 1 fully saturated rings. The average Bonchev–Trinajstić information content (AvgIpc) is 2.54. The van der Waals surface area contributed by atoms with E-state index in [1.807, 2.05) is 18.2 Å². The Hall–Kier alpha value is -1.98. The lowest BCUT2D eigenvalue weighted by molar-refractivity contribution is 0.0633. The minimum atomic E-state index is -0.514. The Morgan fingerprint density at radius 3 is 3.00 bits per heavy atom. The van der Waals surface area contributed by atoms with Crippen molar-refractivity contribution in [2.75, 3.05) is 19.6 Å². The topological polar surface area (TPSA) is 45.2 Å². The molecule has 1 N–H and O–H groups in total. The number of carbonyl (C=O) groups is 1. The van der Waals surface area contributed by atoms with Crippen LogP contribution in [0.15, 0.2) is 42.7 Å². The molecular formula is C16H15ClFN3O. The average molecular weight is 320 g/mol. The molecule has 1 saturated heterocycles. The number of pyridine rings is 1. The van der Waals surface area contributed by atoms with Crippen molar-refractivity contribution in [3.63, 3.8) is 0 Å². The van der Waals surface area contributed by atoms with Gasteiger partial charge in [0.05, 0.1) is 17.8 Å². The zero-order chi connectivity index (χ0) is 15.5. The maximum Gasteiger partial charge on any atom is 0.256 e. The first kappa shape index (κ1) is 14.9. The van der Waals surface area contributed by atoms with Crippen LogP contribution in [0, 0.1) is 5.82 Å². The van der Waals surface area contributed by atoms with Crippen LogP contribution in [-0.2, 0) is 0 Å². The summed E-state index contributed by atoms with van der Waals surface area (Å²) in [6.45, 7) is 1.88. The number of halogens is 2. The monoisotopic (exact) mass is 319 g/mol. The number of aromatic nitrogens is 1. The zero-order valence-electron chi connectivity index (χ0n) is 11.8. The number of hydrogen-bond donors (Lipinski definition) is 1. The lowest BCUT2D eigenvalue weighted by atomic mass is 10.0. The van der Waals surface area contributed by atoms with Gasteiger partial charge in [0.15, 0.2) is 0 Å². The highest BCUT2D eigenvalue weighted by molar-refractivity contribution is 6.30. The van der Waals surface area contributed by atoms with Crippen molar-refractivity contribution < 1.29 is 9.18 Å². The SMILES string of the molecule is O=C(c1cncc(F)c1)N1CCNCC1c1cccc(Cl)c1. The van der Waals surface area contributed by atoms with E-state index in [9.17, 15) is 9.18 Å². The van der Waals surface area contributed by atoms with Gasteiger partial charge in [-0.3, -0.25) is 9.78 Å². The molecule has 0 radical (unpaired) electrons. The molecule has 4 nitrogen and oxygen atoms in total. The molecule has 6 heteroatoms. The van der Waals surface area contributed by atoms with Crippen LogP contribution in [0.1, 0.15) is 22.0 Å². The summed E-state index contributed by atoms with van der Waals surface area (Å²) in [4.78, 5) is 18.2. The fourth-order valence-electron chi connectivity index (χ4n) is 2.65. The first-order valence-corrected chi connectivity index (χ1v) is 7.40. The Labute approximate surface area is 132 Å². The summed E-state index contributed by atoms with van der Waals surface area (Å²) in [5, 5.41) is 3.90. The van der Waals surface area contributed by atoms with Gasteiger partial charge in [-0.15, -0.1) is 0 Å². The molecule has 22 heavy (non-hydrogen) atoms. The first-order chi connectivity index (χ1) is 10.6. The van der Waals surface area contributed by atoms with E-state index >= 15 is 0 Å². The second-order valence-corrected chi connectivity index (χ2v) is 5.60. The van der Waals surface area contributed by atoms with Crippen molar-refractivity contribution in [1.29, 1.82) is 0 Å². The van der Waals surface area contributed by atoms with E-state index in [4.69, 9.17) is 11.6 Å². The lowest BCUT2D eigenvalue weighted by Gasteiger charge is -2.36. The molecule has 1 unspecified atom stereocenters. The van der Waals surface area contributed by atoms with Gasteiger partial charge in [0.25, 0.3) is 5.91 Å². The van der Waals surface area contributed by atoms with Gasteiger partial charge in [-0.05, 0) is 23.8 Å². The smallest absolute Gasteiger partial charge is 0.256 e. The van der Waals surface area contributed by atoms with Crippen molar-refractivity contribution in [3.05, 3.63) is 64.7 Å². The fourth-order valence-corrected chi connectivity index (χ4v) is 2.85. The Morgan fingerprint density at radius 1 is 1.36 bits per heavy atom. The summed E-state index contributed by atoms with van der Waals surface area (Å²) in [5.41, 5.74) is 1.21. The highest BCUT2D eigenvalue weighted by atomic mass is 35.5. The fraction of sp³-hybridized carbons (Fsp3) is 0.250. The molecule has 1 aromatic carbocycles. The van der Waals surface area contributed by atoms with E-state index in [2.05, 4.69) is 10.3 Å². The van der Waals surface area contributed by atoms with Gasteiger partial charge in [-0.1, -0.05) is 23.7 Å². The van der Waals surface area contributed by atoms with Gasteiger partial charge in [-0.25, -0.2) is 4.39 Å². The van der Waals surface area contributed by atoms with Crippen molar-refractivity contribution in [2.45, 2.75) is 6.04 Å². The Morgan fingerprint density at radius 2 is 2.23 bits per heavy atom. The molecule has 1 aliphatic rings. The van der Waals surface area contributed by atoms with Crippen LogP contribution in [0.2, 0.25) is 5.02 Å². The number of piperazine rings is 1. The van der Waals surface area contributed by atoms with Crippen LogP contribution in [0.25, 0.3) is 0 Å². The van der Waals surface area contributed by atoms with E-state index in [1.165, 1.54) is 12.3 Å². The van der Waals surface area contributed by atoms with Gasteiger partial charge in [0.2, 0.25) is 0 Å². The zero-order valence-corrected chi connectivity index (χ0v) is 12.6. The number of benzene rings is 1. The van der Waals surface area contributed by atoms with Gasteiger partial charge in [0.1, 0.15) is 5.82 Å². The number of hydrogen-bond acceptors (Lipinski definition) is 3. The van der Waals surface area contributed by atoms with Crippen molar-refractivity contribution in [2.24, 2.45) is 0 Å². The number of nitrogens with zero attached hydrogens (tertiary/aromatic N) is 2. The first-order valence-electron chi connectivity index (χ1n) is 7.03. The predicted octanol–water partition coefficient (Wildman–Crippen LogP) is 2.66. The van der Waals surface area contributed by atoms with Gasteiger partial charge < -0.3 is 10.2 Å². The van der Waals surface area contributed by atoms with E-state index in [0.29, 0.717) is 24.7 Å². The maximum absolute atomic E-state index is 13.3. The second-order valence-electron chi connectivity index (χ2n) is 5.17. The Kier molecular flexibility index (Phi) is 4.36. The van der Waals surface area contributed by atoms with E-state index in [0.717, 1.165) is 11.8 Å². The summed E-state index contributed by atoms with van der Waals surface area (Å²) in [6.07, 6.45) is 2.48. The highest BCUT2D eigenvalue weighted by Crippen LogP contribution is 2.26. The summed E-state index contributed by atoms with van der Waals surface area (Å²) in [5.74, 6) is -0.737.